The molecule has 8 nitrogen and oxygen atoms in total. The first-order chi connectivity index (χ1) is 16.5. The monoisotopic (exact) mass is 460 g/mol. The second kappa shape index (κ2) is 9.44. The highest BCUT2D eigenvalue weighted by Gasteiger charge is 2.18. The fourth-order valence-corrected chi connectivity index (χ4v) is 4.52. The van der Waals surface area contributed by atoms with Crippen molar-refractivity contribution >= 4 is 22.7 Å². The van der Waals surface area contributed by atoms with Crippen molar-refractivity contribution in [3.05, 3.63) is 59.8 Å². The Bertz CT molecular complexity index is 1290. The van der Waals surface area contributed by atoms with Crippen LogP contribution in [0.25, 0.3) is 22.2 Å². The van der Waals surface area contributed by atoms with Crippen molar-refractivity contribution in [3.8, 4) is 11.3 Å². The summed E-state index contributed by atoms with van der Waals surface area (Å²) in [4.78, 5) is 15.9. The third kappa shape index (κ3) is 4.62. The number of nitrogens with one attached hydrogen (secondary N) is 2. The first-order valence-electron chi connectivity index (χ1n) is 11.6. The number of rotatable bonds is 6. The van der Waals surface area contributed by atoms with Gasteiger partial charge in [-0.15, -0.1) is 0 Å². The Morgan fingerprint density at radius 3 is 2.68 bits per heavy atom. The van der Waals surface area contributed by atoms with Gasteiger partial charge in [0.1, 0.15) is 11.3 Å². The third-order valence-corrected chi connectivity index (χ3v) is 6.12. The van der Waals surface area contributed by atoms with Crippen molar-refractivity contribution in [2.75, 3.05) is 31.5 Å². The van der Waals surface area contributed by atoms with E-state index in [2.05, 4.69) is 55.5 Å². The zero-order valence-corrected chi connectivity index (χ0v) is 19.7. The number of anilines is 2. The van der Waals surface area contributed by atoms with Crippen LogP contribution in [0.15, 0.2) is 42.7 Å². The lowest BCUT2D eigenvalue weighted by molar-refractivity contribution is 0.233. The minimum atomic E-state index is -0.357. The minimum absolute atomic E-state index is 0.216. The van der Waals surface area contributed by atoms with E-state index >= 15 is 0 Å². The highest BCUT2D eigenvalue weighted by atomic mass is 19.1. The standard InChI is InChI=1S/C25H29FN8/c1-16(2)24-19-12-18(13-20(26)23(19)32-33(24)3)21-6-7-28-25(30-21)31-22-5-4-17(14-29-22)15-34-10-8-27-9-11-34/h4-7,12-14,16,27H,8-11,15H2,1-3H3,(H,28,29,30,31). The maximum atomic E-state index is 14.9. The molecule has 176 valence electrons. The number of hydrogen-bond donors (Lipinski definition) is 2. The van der Waals surface area contributed by atoms with Crippen LogP contribution in [-0.4, -0.2) is 55.8 Å². The van der Waals surface area contributed by atoms with Gasteiger partial charge in [-0.25, -0.2) is 19.3 Å². The predicted octanol–water partition coefficient (Wildman–Crippen LogP) is 3.84. The van der Waals surface area contributed by atoms with Gasteiger partial charge in [0.2, 0.25) is 5.95 Å². The van der Waals surface area contributed by atoms with Gasteiger partial charge in [0.15, 0.2) is 5.82 Å². The average Bonchev–Trinajstić information content (AvgIpc) is 3.18. The highest BCUT2D eigenvalue weighted by Crippen LogP contribution is 2.31. The molecule has 0 aliphatic carbocycles. The molecule has 0 unspecified atom stereocenters. The molecule has 0 amide bonds. The first-order valence-corrected chi connectivity index (χ1v) is 11.6. The Morgan fingerprint density at radius 2 is 1.94 bits per heavy atom. The van der Waals surface area contributed by atoms with E-state index in [0.717, 1.165) is 43.8 Å². The molecule has 9 heteroatoms. The maximum absolute atomic E-state index is 14.9. The zero-order chi connectivity index (χ0) is 23.7. The lowest BCUT2D eigenvalue weighted by Crippen LogP contribution is -2.42. The van der Waals surface area contributed by atoms with E-state index in [-0.39, 0.29) is 11.7 Å². The Labute approximate surface area is 198 Å². The summed E-state index contributed by atoms with van der Waals surface area (Å²) in [5.74, 6) is 0.936. The van der Waals surface area contributed by atoms with Gasteiger partial charge in [-0.2, -0.15) is 5.10 Å². The van der Waals surface area contributed by atoms with Crippen LogP contribution in [0.5, 0.6) is 0 Å². The smallest absolute Gasteiger partial charge is 0.228 e. The van der Waals surface area contributed by atoms with Crippen molar-refractivity contribution in [3.63, 3.8) is 0 Å². The average molecular weight is 461 g/mol. The summed E-state index contributed by atoms with van der Waals surface area (Å²) in [6, 6.07) is 9.22. The van der Waals surface area contributed by atoms with Crippen LogP contribution in [0.2, 0.25) is 0 Å². The van der Waals surface area contributed by atoms with Gasteiger partial charge in [-0.05, 0) is 35.7 Å². The number of halogens is 1. The summed E-state index contributed by atoms with van der Waals surface area (Å²) in [6.45, 7) is 9.19. The fourth-order valence-electron chi connectivity index (χ4n) is 4.52. The molecule has 34 heavy (non-hydrogen) atoms. The number of hydrogen-bond acceptors (Lipinski definition) is 7. The molecule has 3 aromatic heterocycles. The zero-order valence-electron chi connectivity index (χ0n) is 19.7. The van der Waals surface area contributed by atoms with Gasteiger partial charge >= 0.3 is 0 Å². The van der Waals surface area contributed by atoms with Crippen LogP contribution in [0, 0.1) is 5.82 Å². The van der Waals surface area contributed by atoms with Crippen LogP contribution >= 0.6 is 0 Å². The van der Waals surface area contributed by atoms with Crippen molar-refractivity contribution in [1.82, 2.24) is 34.9 Å². The van der Waals surface area contributed by atoms with Gasteiger partial charge in [-0.3, -0.25) is 9.58 Å². The van der Waals surface area contributed by atoms with E-state index in [1.54, 1.807) is 16.9 Å². The van der Waals surface area contributed by atoms with Crippen LogP contribution in [-0.2, 0) is 13.6 Å². The molecule has 1 aliphatic rings. The normalized spacial score (nSPS) is 14.7. The number of aryl methyl sites for hydroxylation is 1. The summed E-state index contributed by atoms with van der Waals surface area (Å²) in [7, 11) is 1.85. The molecular formula is C25H29FN8. The van der Waals surface area contributed by atoms with E-state index in [1.807, 2.05) is 25.4 Å². The van der Waals surface area contributed by atoms with E-state index in [9.17, 15) is 4.39 Å². The highest BCUT2D eigenvalue weighted by molar-refractivity contribution is 5.87. The molecule has 1 saturated heterocycles. The Morgan fingerprint density at radius 1 is 1.12 bits per heavy atom. The second-order valence-electron chi connectivity index (χ2n) is 8.99. The molecule has 5 rings (SSSR count). The summed E-state index contributed by atoms with van der Waals surface area (Å²) < 4.78 is 16.6. The Balaban J connectivity index is 1.36. The van der Waals surface area contributed by atoms with Crippen molar-refractivity contribution < 1.29 is 4.39 Å². The molecule has 0 atom stereocenters. The maximum Gasteiger partial charge on any atom is 0.228 e. The summed E-state index contributed by atoms with van der Waals surface area (Å²) in [6.07, 6.45) is 3.55. The lowest BCUT2D eigenvalue weighted by atomic mass is 10.0. The van der Waals surface area contributed by atoms with E-state index in [4.69, 9.17) is 0 Å². The Kier molecular flexibility index (Phi) is 6.21. The van der Waals surface area contributed by atoms with Crippen LogP contribution in [0.1, 0.15) is 31.0 Å². The summed E-state index contributed by atoms with van der Waals surface area (Å²) in [5.41, 5.74) is 3.86. The Hall–Kier alpha value is -3.43. The molecule has 0 radical (unpaired) electrons. The third-order valence-electron chi connectivity index (χ3n) is 6.12. The quantitative estimate of drug-likeness (QED) is 0.452. The summed E-state index contributed by atoms with van der Waals surface area (Å²) in [5, 5.41) is 11.7. The van der Waals surface area contributed by atoms with Gasteiger partial charge in [0, 0.05) is 68.8 Å². The molecule has 0 bridgehead atoms. The number of nitrogens with zero attached hydrogens (tertiary/aromatic N) is 6. The van der Waals surface area contributed by atoms with Gasteiger partial charge < -0.3 is 10.6 Å². The number of piperazine rings is 1. The molecule has 4 heterocycles. The predicted molar refractivity (Wildman–Crippen MR) is 131 cm³/mol. The van der Waals surface area contributed by atoms with E-state index < -0.39 is 0 Å². The van der Waals surface area contributed by atoms with Crippen molar-refractivity contribution in [2.45, 2.75) is 26.3 Å². The molecule has 4 aromatic rings. The van der Waals surface area contributed by atoms with Crippen LogP contribution < -0.4 is 10.6 Å². The first kappa shape index (κ1) is 22.4. The molecule has 2 N–H and O–H groups in total. The number of benzene rings is 1. The van der Waals surface area contributed by atoms with E-state index in [1.165, 1.54) is 11.6 Å². The number of aromatic nitrogens is 5. The molecule has 0 spiro atoms. The van der Waals surface area contributed by atoms with E-state index in [0.29, 0.717) is 28.5 Å². The molecule has 1 aromatic carbocycles. The lowest BCUT2D eigenvalue weighted by Gasteiger charge is -2.27. The largest absolute Gasteiger partial charge is 0.314 e. The van der Waals surface area contributed by atoms with Crippen molar-refractivity contribution in [1.29, 1.82) is 0 Å². The molecule has 0 saturated carbocycles. The molecule has 1 aliphatic heterocycles. The number of pyridine rings is 1. The van der Waals surface area contributed by atoms with Crippen molar-refractivity contribution in [2.24, 2.45) is 7.05 Å². The van der Waals surface area contributed by atoms with Gasteiger partial charge in [0.25, 0.3) is 0 Å². The number of fused-ring (bicyclic) bond motifs is 1. The summed E-state index contributed by atoms with van der Waals surface area (Å²) >= 11 is 0. The van der Waals surface area contributed by atoms with Gasteiger partial charge in [0.05, 0.1) is 5.69 Å². The SMILES string of the molecule is CC(C)c1c2cc(-c3ccnc(Nc4ccc(CN5CCNCC5)cn4)n3)cc(F)c2nn1C. The fraction of sp³-hybridized carbons (Fsp3) is 0.360. The molecule has 1 fully saturated rings. The molecular weight excluding hydrogens is 431 g/mol. The van der Waals surface area contributed by atoms with Crippen LogP contribution in [0.4, 0.5) is 16.2 Å². The van der Waals surface area contributed by atoms with Gasteiger partial charge in [-0.1, -0.05) is 19.9 Å². The topological polar surface area (TPSA) is 83.8 Å². The van der Waals surface area contributed by atoms with Crippen LogP contribution in [0.3, 0.4) is 0 Å². The minimum Gasteiger partial charge on any atom is -0.314 e. The second-order valence-corrected chi connectivity index (χ2v) is 8.99.